The van der Waals surface area contributed by atoms with Crippen LogP contribution >= 0.6 is 0 Å². The Balaban J connectivity index is 1.00. The van der Waals surface area contributed by atoms with E-state index < -0.39 is 29.4 Å². The van der Waals surface area contributed by atoms with Gasteiger partial charge in [-0.25, -0.2) is 9.37 Å². The number of anilines is 1. The standard InChI is InChI=1S/C41H45F4N7O3/c42-30-22-25(26-7-11-34(53)49-38(26)55)4-9-32(30)52-20-16-39(17-21-52)14-18-51(19-15-39)24-40(12-2-1-3-13-40)35-27(5-8-31-29(35)23-47-50-31)28-6-10-33(41(43,44)45)48-36(28)37(46)54/h4-6,8-10,22-23,26H,1-3,7,11-21,24H2,(H2,46,54)(H,47,50)(H,49,53,55). The number of halogens is 4. The van der Waals surface area contributed by atoms with Crippen LogP contribution in [0.15, 0.2) is 48.7 Å². The number of carbonyl (C=O) groups excluding carboxylic acids is 3. The predicted octanol–water partition coefficient (Wildman–Crippen LogP) is 6.99. The van der Waals surface area contributed by atoms with Crippen LogP contribution in [0.4, 0.5) is 23.2 Å². The van der Waals surface area contributed by atoms with Crippen LogP contribution in [-0.4, -0.2) is 70.5 Å². The molecule has 3 amide bonds. The van der Waals surface area contributed by atoms with E-state index in [2.05, 4.69) is 30.3 Å². The molecule has 2 aromatic heterocycles. The summed E-state index contributed by atoms with van der Waals surface area (Å²) in [5.74, 6) is -2.58. The molecule has 1 unspecified atom stereocenters. The van der Waals surface area contributed by atoms with Gasteiger partial charge in [0.1, 0.15) is 17.2 Å². The summed E-state index contributed by atoms with van der Waals surface area (Å²) in [7, 11) is 0. The van der Waals surface area contributed by atoms with Gasteiger partial charge in [-0.05, 0) is 110 Å². The molecule has 290 valence electrons. The number of hydrogen-bond donors (Lipinski definition) is 3. The first-order chi connectivity index (χ1) is 26.3. The van der Waals surface area contributed by atoms with Gasteiger partial charge in [0.25, 0.3) is 5.91 Å². The number of pyridine rings is 1. The lowest BCUT2D eigenvalue weighted by Gasteiger charge is -2.50. The van der Waals surface area contributed by atoms with E-state index in [1.165, 1.54) is 12.1 Å². The number of carbonyl (C=O) groups is 3. The summed E-state index contributed by atoms with van der Waals surface area (Å²) in [5, 5.41) is 10.7. The monoisotopic (exact) mass is 759 g/mol. The summed E-state index contributed by atoms with van der Waals surface area (Å²) in [6.07, 6.45) is 6.41. The summed E-state index contributed by atoms with van der Waals surface area (Å²) in [6, 6.07) is 11.0. The minimum absolute atomic E-state index is 0.147. The zero-order chi connectivity index (χ0) is 38.5. The van der Waals surface area contributed by atoms with Gasteiger partial charge in [-0.2, -0.15) is 18.3 Å². The highest BCUT2D eigenvalue weighted by Crippen LogP contribution is 2.49. The smallest absolute Gasteiger partial charge is 0.369 e. The topological polar surface area (TPSA) is 137 Å². The highest BCUT2D eigenvalue weighted by Gasteiger charge is 2.44. The third kappa shape index (κ3) is 7.09. The number of imide groups is 1. The van der Waals surface area contributed by atoms with Gasteiger partial charge in [-0.1, -0.05) is 31.4 Å². The van der Waals surface area contributed by atoms with Crippen molar-refractivity contribution in [3.63, 3.8) is 0 Å². The zero-order valence-corrected chi connectivity index (χ0v) is 30.6. The Hall–Kier alpha value is -4.85. The first-order valence-electron chi connectivity index (χ1n) is 19.3. The Morgan fingerprint density at radius 1 is 0.909 bits per heavy atom. The minimum Gasteiger partial charge on any atom is -0.369 e. The van der Waals surface area contributed by atoms with Crippen LogP contribution < -0.4 is 16.0 Å². The lowest BCUT2D eigenvalue weighted by Crippen LogP contribution is -2.50. The number of primary amides is 1. The second-order valence-electron chi connectivity index (χ2n) is 16.1. The number of benzene rings is 2. The van der Waals surface area contributed by atoms with Crippen molar-refractivity contribution in [1.29, 1.82) is 0 Å². The lowest BCUT2D eigenvalue weighted by atomic mass is 9.65. The molecule has 4 aromatic rings. The molecule has 14 heteroatoms. The number of likely N-dealkylation sites (tertiary alicyclic amines) is 1. The van der Waals surface area contributed by atoms with Crippen LogP contribution in [0, 0.1) is 11.2 Å². The molecule has 55 heavy (non-hydrogen) atoms. The van der Waals surface area contributed by atoms with E-state index in [1.54, 1.807) is 18.3 Å². The largest absolute Gasteiger partial charge is 0.433 e. The van der Waals surface area contributed by atoms with Gasteiger partial charge < -0.3 is 15.5 Å². The molecule has 1 spiro atoms. The first kappa shape index (κ1) is 37.1. The van der Waals surface area contributed by atoms with E-state index >= 15 is 4.39 Å². The Kier molecular flexibility index (Phi) is 9.67. The van der Waals surface area contributed by atoms with Crippen molar-refractivity contribution in [2.75, 3.05) is 37.6 Å². The van der Waals surface area contributed by atoms with Gasteiger partial charge in [0.15, 0.2) is 0 Å². The highest BCUT2D eigenvalue weighted by atomic mass is 19.4. The first-order valence-corrected chi connectivity index (χ1v) is 19.3. The predicted molar refractivity (Wildman–Crippen MR) is 199 cm³/mol. The number of fused-ring (bicyclic) bond motifs is 1. The third-order valence-corrected chi connectivity index (χ3v) is 12.9. The summed E-state index contributed by atoms with van der Waals surface area (Å²) in [6.45, 7) is 4.00. The van der Waals surface area contributed by atoms with E-state index in [0.717, 1.165) is 113 Å². The summed E-state index contributed by atoms with van der Waals surface area (Å²) < 4.78 is 56.6. The van der Waals surface area contributed by atoms with Crippen LogP contribution in [-0.2, 0) is 21.2 Å². The van der Waals surface area contributed by atoms with Crippen LogP contribution in [0.3, 0.4) is 0 Å². The van der Waals surface area contributed by atoms with Gasteiger partial charge in [-0.15, -0.1) is 0 Å². The maximum absolute atomic E-state index is 15.5. The number of amides is 3. The Labute approximate surface area is 316 Å². The van der Waals surface area contributed by atoms with Crippen molar-refractivity contribution in [3.8, 4) is 11.1 Å². The number of rotatable bonds is 7. The number of nitrogens with one attached hydrogen (secondary N) is 2. The fourth-order valence-corrected chi connectivity index (χ4v) is 9.89. The van der Waals surface area contributed by atoms with Crippen LogP contribution in [0.5, 0.6) is 0 Å². The zero-order valence-electron chi connectivity index (χ0n) is 30.6. The molecule has 0 radical (unpaired) electrons. The molecule has 3 aliphatic heterocycles. The number of aromatic nitrogens is 3. The van der Waals surface area contributed by atoms with E-state index in [1.807, 2.05) is 12.1 Å². The Morgan fingerprint density at radius 2 is 1.62 bits per heavy atom. The molecule has 0 bridgehead atoms. The summed E-state index contributed by atoms with van der Waals surface area (Å²) in [5.41, 5.74) is 7.78. The van der Waals surface area contributed by atoms with Crippen molar-refractivity contribution >= 4 is 34.3 Å². The van der Waals surface area contributed by atoms with Crippen LogP contribution in [0.1, 0.15) is 104 Å². The molecule has 5 heterocycles. The summed E-state index contributed by atoms with van der Waals surface area (Å²) in [4.78, 5) is 45.0. The van der Waals surface area contributed by atoms with Gasteiger partial charge in [0.05, 0.1) is 23.3 Å². The number of nitrogens with zero attached hydrogens (tertiary/aromatic N) is 4. The molecule has 4 N–H and O–H groups in total. The average molecular weight is 760 g/mol. The maximum Gasteiger partial charge on any atom is 0.433 e. The van der Waals surface area contributed by atoms with E-state index in [4.69, 9.17) is 5.73 Å². The Morgan fingerprint density at radius 3 is 2.29 bits per heavy atom. The fraction of sp³-hybridized carbons (Fsp3) is 0.488. The van der Waals surface area contributed by atoms with Crippen molar-refractivity contribution in [3.05, 3.63) is 77.0 Å². The third-order valence-electron chi connectivity index (χ3n) is 12.9. The van der Waals surface area contributed by atoms with Gasteiger partial charge in [0.2, 0.25) is 11.8 Å². The van der Waals surface area contributed by atoms with Crippen molar-refractivity contribution in [2.45, 2.75) is 88.1 Å². The summed E-state index contributed by atoms with van der Waals surface area (Å²) >= 11 is 0. The molecule has 8 rings (SSSR count). The van der Waals surface area contributed by atoms with Crippen LogP contribution in [0.25, 0.3) is 22.0 Å². The average Bonchev–Trinajstić information content (AvgIpc) is 3.65. The van der Waals surface area contributed by atoms with E-state index in [9.17, 15) is 27.6 Å². The molecule has 1 atom stereocenters. The molecule has 4 aliphatic rings. The number of hydrogen-bond acceptors (Lipinski definition) is 7. The number of piperidine rings is 3. The number of aromatic amines is 1. The number of nitrogens with two attached hydrogens (primary N) is 1. The number of alkyl halides is 3. The molecule has 1 saturated carbocycles. The van der Waals surface area contributed by atoms with Crippen LogP contribution in [0.2, 0.25) is 0 Å². The quantitative estimate of drug-likeness (QED) is 0.137. The highest BCUT2D eigenvalue weighted by molar-refractivity contribution is 6.01. The Bertz CT molecular complexity index is 2130. The lowest BCUT2D eigenvalue weighted by molar-refractivity contribution is -0.141. The normalized spacial score (nSPS) is 21.9. The van der Waals surface area contributed by atoms with Crippen molar-refractivity contribution in [2.24, 2.45) is 11.1 Å². The minimum atomic E-state index is -4.73. The molecular formula is C41H45F4N7O3. The van der Waals surface area contributed by atoms with Crippen molar-refractivity contribution < 1.29 is 31.9 Å². The van der Waals surface area contributed by atoms with Crippen molar-refractivity contribution in [1.82, 2.24) is 25.4 Å². The molecule has 10 nitrogen and oxygen atoms in total. The number of H-pyrrole nitrogens is 1. The molecule has 2 aromatic carbocycles. The second-order valence-corrected chi connectivity index (χ2v) is 16.1. The maximum atomic E-state index is 15.5. The SMILES string of the molecule is NC(=O)c1nc(C(F)(F)F)ccc1-c1ccc2[nH]ncc2c1C1(CN2CCC3(CC2)CCN(c2ccc(C4CCC(=O)NC4=O)cc2F)CC3)CCCCC1. The van der Waals surface area contributed by atoms with Gasteiger partial charge >= 0.3 is 6.18 Å². The second kappa shape index (κ2) is 14.3. The van der Waals surface area contributed by atoms with E-state index in [0.29, 0.717) is 23.2 Å². The molecule has 3 saturated heterocycles. The van der Waals surface area contributed by atoms with Gasteiger partial charge in [-0.3, -0.25) is 24.8 Å². The fourth-order valence-electron chi connectivity index (χ4n) is 9.89. The van der Waals surface area contributed by atoms with E-state index in [-0.39, 0.29) is 40.4 Å². The molecule has 1 aliphatic carbocycles. The molecular weight excluding hydrogens is 714 g/mol. The molecule has 4 fully saturated rings. The van der Waals surface area contributed by atoms with Gasteiger partial charge in [0, 0.05) is 42.4 Å².